The van der Waals surface area contributed by atoms with Gasteiger partial charge in [-0.1, -0.05) is 17.7 Å². The van der Waals surface area contributed by atoms with Crippen LogP contribution in [0.2, 0.25) is 0 Å². The topological polar surface area (TPSA) is 67.9 Å². The monoisotopic (exact) mass is 346 g/mol. The first-order chi connectivity index (χ1) is 12.1. The van der Waals surface area contributed by atoms with Crippen LogP contribution in [0, 0.1) is 12.8 Å². The molecule has 6 heteroatoms. The lowest BCUT2D eigenvalue weighted by Gasteiger charge is -2.32. The van der Waals surface area contributed by atoms with Gasteiger partial charge in [-0.05, 0) is 44.7 Å². The molecule has 3 rings (SSSR count). The molecule has 136 valence electrons. The second-order valence-corrected chi connectivity index (χ2v) is 6.84. The van der Waals surface area contributed by atoms with Gasteiger partial charge in [0.15, 0.2) is 6.29 Å². The van der Waals surface area contributed by atoms with Gasteiger partial charge in [0.25, 0.3) is 5.91 Å². The fourth-order valence-electron chi connectivity index (χ4n) is 3.27. The maximum absolute atomic E-state index is 12.6. The van der Waals surface area contributed by atoms with E-state index in [0.29, 0.717) is 25.3 Å². The van der Waals surface area contributed by atoms with Gasteiger partial charge in [-0.15, -0.1) is 0 Å². The minimum atomic E-state index is -0.355. The van der Waals surface area contributed by atoms with Gasteiger partial charge >= 0.3 is 0 Å². The number of nitrogens with zero attached hydrogens (tertiary/aromatic N) is 1. The third kappa shape index (κ3) is 4.80. The average Bonchev–Trinajstić information content (AvgIpc) is 2.67. The summed E-state index contributed by atoms with van der Waals surface area (Å²) in [6.07, 6.45) is 4.10. The Morgan fingerprint density at radius 1 is 1.16 bits per heavy atom. The molecule has 2 unspecified atom stereocenters. The second-order valence-electron chi connectivity index (χ2n) is 6.84. The highest BCUT2D eigenvalue weighted by atomic mass is 16.8. The van der Waals surface area contributed by atoms with Crippen molar-refractivity contribution in [1.29, 1.82) is 0 Å². The number of hydrogen-bond acceptors (Lipinski definition) is 4. The number of carbonyl (C=O) groups excluding carboxylic acids is 2. The van der Waals surface area contributed by atoms with Gasteiger partial charge in [0.05, 0.1) is 5.92 Å². The quantitative estimate of drug-likeness (QED) is 0.850. The molecule has 2 aliphatic rings. The number of piperidine rings is 1. The number of carbonyl (C=O) groups is 2. The Morgan fingerprint density at radius 3 is 2.68 bits per heavy atom. The van der Waals surface area contributed by atoms with E-state index in [1.54, 1.807) is 4.90 Å². The Hall–Kier alpha value is -1.92. The van der Waals surface area contributed by atoms with Crippen LogP contribution in [0.5, 0.6) is 0 Å². The first-order valence-corrected chi connectivity index (χ1v) is 9.06. The molecule has 2 atom stereocenters. The molecule has 2 amide bonds. The van der Waals surface area contributed by atoms with Crippen molar-refractivity contribution in [2.24, 2.45) is 5.92 Å². The van der Waals surface area contributed by atoms with Gasteiger partial charge in [-0.2, -0.15) is 0 Å². The van der Waals surface area contributed by atoms with E-state index < -0.39 is 0 Å². The van der Waals surface area contributed by atoms with Crippen molar-refractivity contribution in [2.75, 3.05) is 19.7 Å². The number of likely N-dealkylation sites (tertiary alicyclic amines) is 1. The summed E-state index contributed by atoms with van der Waals surface area (Å²) in [5.74, 6) is -0.434. The van der Waals surface area contributed by atoms with Gasteiger partial charge in [0.2, 0.25) is 5.91 Å². The first kappa shape index (κ1) is 17.9. The standard InChI is InChI=1S/C19H26N2O4/c1-14-7-9-15(10-8-14)19(23)21-11-4-5-16(13-21)18(22)20-25-17-6-2-3-12-24-17/h7-10,16-17H,2-6,11-13H2,1H3,(H,20,22). The molecule has 0 radical (unpaired) electrons. The van der Waals surface area contributed by atoms with E-state index in [1.807, 2.05) is 31.2 Å². The number of nitrogens with one attached hydrogen (secondary N) is 1. The predicted octanol–water partition coefficient (Wildman–Crippen LogP) is 2.42. The van der Waals surface area contributed by atoms with Crippen molar-refractivity contribution in [3.63, 3.8) is 0 Å². The summed E-state index contributed by atoms with van der Waals surface area (Å²) < 4.78 is 5.44. The van der Waals surface area contributed by atoms with Crippen LogP contribution in [0.4, 0.5) is 0 Å². The van der Waals surface area contributed by atoms with Crippen molar-refractivity contribution in [3.8, 4) is 0 Å². The summed E-state index contributed by atoms with van der Waals surface area (Å²) >= 11 is 0. The van der Waals surface area contributed by atoms with E-state index in [1.165, 1.54) is 0 Å². The van der Waals surface area contributed by atoms with Crippen LogP contribution in [0.25, 0.3) is 0 Å². The van der Waals surface area contributed by atoms with Gasteiger partial charge in [-0.25, -0.2) is 10.3 Å². The van der Waals surface area contributed by atoms with E-state index >= 15 is 0 Å². The molecule has 1 aromatic carbocycles. The van der Waals surface area contributed by atoms with Crippen LogP contribution in [0.3, 0.4) is 0 Å². The summed E-state index contributed by atoms with van der Waals surface area (Å²) in [6.45, 7) is 3.77. The molecule has 0 saturated carbocycles. The van der Waals surface area contributed by atoms with Gasteiger partial charge in [0, 0.05) is 31.7 Å². The van der Waals surface area contributed by atoms with Gasteiger partial charge in [0.1, 0.15) is 0 Å². The van der Waals surface area contributed by atoms with Gasteiger partial charge < -0.3 is 9.64 Å². The molecule has 0 aliphatic carbocycles. The number of aryl methyl sites for hydroxylation is 1. The number of hydrogen-bond donors (Lipinski definition) is 1. The van der Waals surface area contributed by atoms with Crippen LogP contribution < -0.4 is 5.48 Å². The Balaban J connectivity index is 1.52. The second kappa shape index (κ2) is 8.45. The molecule has 0 spiro atoms. The summed E-state index contributed by atoms with van der Waals surface area (Å²) in [7, 11) is 0. The normalized spacial score (nSPS) is 24.0. The third-order valence-corrected chi connectivity index (χ3v) is 4.81. The van der Waals surface area contributed by atoms with Crippen LogP contribution in [-0.2, 0) is 14.4 Å². The zero-order valence-electron chi connectivity index (χ0n) is 14.7. The molecule has 2 fully saturated rings. The SMILES string of the molecule is Cc1ccc(C(=O)N2CCCC(C(=O)NOC3CCCCO3)C2)cc1. The molecule has 2 heterocycles. The maximum atomic E-state index is 12.6. The van der Waals surface area contributed by atoms with E-state index in [9.17, 15) is 9.59 Å². The molecule has 1 N–H and O–H groups in total. The number of ether oxygens (including phenoxy) is 1. The summed E-state index contributed by atoms with van der Waals surface area (Å²) in [4.78, 5) is 32.1. The number of amides is 2. The van der Waals surface area contributed by atoms with Crippen LogP contribution in [-0.4, -0.2) is 42.7 Å². The highest BCUT2D eigenvalue weighted by Gasteiger charge is 2.29. The van der Waals surface area contributed by atoms with Crippen molar-refractivity contribution in [2.45, 2.75) is 45.3 Å². The Morgan fingerprint density at radius 2 is 1.96 bits per heavy atom. The van der Waals surface area contributed by atoms with Crippen molar-refractivity contribution in [3.05, 3.63) is 35.4 Å². The predicted molar refractivity (Wildman–Crippen MR) is 92.6 cm³/mol. The lowest BCUT2D eigenvalue weighted by Crippen LogP contribution is -2.46. The zero-order valence-corrected chi connectivity index (χ0v) is 14.7. The minimum absolute atomic E-state index is 0.0194. The number of rotatable bonds is 4. The molecule has 0 aromatic heterocycles. The fourth-order valence-corrected chi connectivity index (χ4v) is 3.27. The highest BCUT2D eigenvalue weighted by Crippen LogP contribution is 2.20. The summed E-state index contributed by atoms with van der Waals surface area (Å²) in [5, 5.41) is 0. The Labute approximate surface area is 148 Å². The Kier molecular flexibility index (Phi) is 6.04. The average molecular weight is 346 g/mol. The van der Waals surface area contributed by atoms with Crippen molar-refractivity contribution >= 4 is 11.8 Å². The van der Waals surface area contributed by atoms with Crippen LogP contribution >= 0.6 is 0 Å². The van der Waals surface area contributed by atoms with Crippen LogP contribution in [0.1, 0.15) is 48.0 Å². The smallest absolute Gasteiger partial charge is 0.253 e. The first-order valence-electron chi connectivity index (χ1n) is 9.06. The molecule has 0 bridgehead atoms. The molecular formula is C19H26N2O4. The lowest BCUT2D eigenvalue weighted by molar-refractivity contribution is -0.202. The highest BCUT2D eigenvalue weighted by molar-refractivity contribution is 5.94. The summed E-state index contributed by atoms with van der Waals surface area (Å²) in [5.41, 5.74) is 4.31. The lowest BCUT2D eigenvalue weighted by atomic mass is 9.96. The molecule has 25 heavy (non-hydrogen) atoms. The molecular weight excluding hydrogens is 320 g/mol. The van der Waals surface area contributed by atoms with E-state index in [4.69, 9.17) is 9.57 Å². The van der Waals surface area contributed by atoms with E-state index in [2.05, 4.69) is 5.48 Å². The zero-order chi connectivity index (χ0) is 17.6. The third-order valence-electron chi connectivity index (χ3n) is 4.81. The largest absolute Gasteiger partial charge is 0.350 e. The molecule has 2 aliphatic heterocycles. The molecule has 2 saturated heterocycles. The van der Waals surface area contributed by atoms with Crippen molar-refractivity contribution in [1.82, 2.24) is 10.4 Å². The molecule has 1 aromatic rings. The summed E-state index contributed by atoms with van der Waals surface area (Å²) in [6, 6.07) is 7.54. The van der Waals surface area contributed by atoms with Crippen molar-refractivity contribution < 1.29 is 19.2 Å². The van der Waals surface area contributed by atoms with Crippen LogP contribution in [0.15, 0.2) is 24.3 Å². The number of hydroxylamine groups is 1. The Bertz CT molecular complexity index is 596. The maximum Gasteiger partial charge on any atom is 0.253 e. The van der Waals surface area contributed by atoms with Gasteiger partial charge in [-0.3, -0.25) is 9.59 Å². The minimum Gasteiger partial charge on any atom is -0.350 e. The fraction of sp³-hybridized carbons (Fsp3) is 0.579. The van der Waals surface area contributed by atoms with E-state index in [-0.39, 0.29) is 24.0 Å². The number of benzene rings is 1. The van der Waals surface area contributed by atoms with E-state index in [0.717, 1.165) is 37.7 Å². The molecule has 6 nitrogen and oxygen atoms in total.